The summed E-state index contributed by atoms with van der Waals surface area (Å²) in [4.78, 5) is 21.4. The van der Waals surface area contributed by atoms with Gasteiger partial charge in [0.15, 0.2) is 0 Å². The summed E-state index contributed by atoms with van der Waals surface area (Å²) >= 11 is 0. The van der Waals surface area contributed by atoms with Crippen LogP contribution in [0.5, 0.6) is 0 Å². The van der Waals surface area contributed by atoms with Gasteiger partial charge in [0, 0.05) is 12.2 Å². The maximum Gasteiger partial charge on any atom is 0.339 e. The lowest BCUT2D eigenvalue weighted by molar-refractivity contribution is 0.0695. The number of aromatic nitrogens is 2. The van der Waals surface area contributed by atoms with Crippen LogP contribution in [0.4, 0.5) is 5.95 Å². The lowest BCUT2D eigenvalue weighted by atomic mass is 10.1. The Kier molecular flexibility index (Phi) is 3.76. The van der Waals surface area contributed by atoms with Crippen molar-refractivity contribution in [2.45, 2.75) is 25.8 Å². The second-order valence-corrected chi connectivity index (χ2v) is 4.72. The number of hydrogen-bond acceptors (Lipinski definition) is 5. The van der Waals surface area contributed by atoms with Crippen LogP contribution in [-0.2, 0) is 0 Å². The van der Waals surface area contributed by atoms with Gasteiger partial charge in [0.1, 0.15) is 0 Å². The van der Waals surface area contributed by atoms with Crippen LogP contribution in [0.1, 0.15) is 28.9 Å². The Hall–Kier alpha value is -1.69. The summed E-state index contributed by atoms with van der Waals surface area (Å²) in [6.07, 6.45) is 3.47. The first-order valence-electron chi connectivity index (χ1n) is 6.08. The summed E-state index contributed by atoms with van der Waals surface area (Å²) < 4.78 is 0. The highest BCUT2D eigenvalue weighted by Crippen LogP contribution is 2.14. The molecule has 18 heavy (non-hydrogen) atoms. The molecule has 1 aromatic rings. The maximum atomic E-state index is 10.9. The van der Waals surface area contributed by atoms with Gasteiger partial charge in [0.2, 0.25) is 5.95 Å². The summed E-state index contributed by atoms with van der Waals surface area (Å²) in [5.74, 6) is -0.467. The molecule has 0 saturated carbocycles. The lowest BCUT2D eigenvalue weighted by Crippen LogP contribution is -2.37. The van der Waals surface area contributed by atoms with E-state index in [1.807, 2.05) is 0 Å². The monoisotopic (exact) mass is 250 g/mol. The van der Waals surface area contributed by atoms with Gasteiger partial charge in [0.05, 0.1) is 11.3 Å². The van der Waals surface area contributed by atoms with E-state index < -0.39 is 5.97 Å². The molecule has 0 unspecified atom stereocenters. The zero-order valence-corrected chi connectivity index (χ0v) is 10.7. The van der Waals surface area contributed by atoms with Crippen LogP contribution >= 0.6 is 0 Å². The summed E-state index contributed by atoms with van der Waals surface area (Å²) in [5, 5.41) is 12.2. The number of nitrogens with one attached hydrogen (secondary N) is 1. The quantitative estimate of drug-likeness (QED) is 0.833. The second-order valence-electron chi connectivity index (χ2n) is 4.72. The van der Waals surface area contributed by atoms with Crippen molar-refractivity contribution in [2.24, 2.45) is 0 Å². The van der Waals surface area contributed by atoms with Gasteiger partial charge in [-0.25, -0.2) is 14.8 Å². The van der Waals surface area contributed by atoms with Gasteiger partial charge in [0.25, 0.3) is 0 Å². The fraction of sp³-hybridized carbons (Fsp3) is 0.583. The average Bonchev–Trinajstić information content (AvgIpc) is 2.32. The largest absolute Gasteiger partial charge is 0.478 e. The van der Waals surface area contributed by atoms with Crippen LogP contribution in [0.3, 0.4) is 0 Å². The fourth-order valence-electron chi connectivity index (χ4n) is 2.08. The van der Waals surface area contributed by atoms with E-state index in [9.17, 15) is 4.79 Å². The normalized spacial score (nSPS) is 17.7. The third-order valence-corrected chi connectivity index (χ3v) is 3.26. The standard InChI is InChI=1S/C12H18N4O2/c1-8-10(11(17)18)7-13-12(14-8)15-9-3-5-16(2)6-4-9/h7,9H,3-6H2,1-2H3,(H,17,18)(H,13,14,15). The first kappa shape index (κ1) is 12.8. The molecule has 1 saturated heterocycles. The van der Waals surface area contributed by atoms with Gasteiger partial charge in [-0.3, -0.25) is 0 Å². The molecule has 2 heterocycles. The van der Waals surface area contributed by atoms with E-state index in [0.29, 0.717) is 17.7 Å². The molecule has 0 atom stereocenters. The molecule has 0 amide bonds. The van der Waals surface area contributed by atoms with E-state index >= 15 is 0 Å². The molecular weight excluding hydrogens is 232 g/mol. The van der Waals surface area contributed by atoms with E-state index in [2.05, 4.69) is 27.2 Å². The molecule has 1 aliphatic heterocycles. The summed E-state index contributed by atoms with van der Waals surface area (Å²) in [5.41, 5.74) is 0.650. The van der Waals surface area contributed by atoms with Crippen LogP contribution in [0, 0.1) is 6.92 Å². The number of anilines is 1. The number of carboxylic acid groups (broad SMARTS) is 1. The molecule has 1 aliphatic rings. The topological polar surface area (TPSA) is 78.4 Å². The molecule has 2 N–H and O–H groups in total. The van der Waals surface area contributed by atoms with Crippen LogP contribution < -0.4 is 5.32 Å². The van der Waals surface area contributed by atoms with Crippen molar-refractivity contribution >= 4 is 11.9 Å². The van der Waals surface area contributed by atoms with Gasteiger partial charge in [-0.2, -0.15) is 0 Å². The second kappa shape index (κ2) is 5.30. The molecule has 6 heteroatoms. The van der Waals surface area contributed by atoms with E-state index in [4.69, 9.17) is 5.11 Å². The molecule has 1 aromatic heterocycles. The summed E-state index contributed by atoms with van der Waals surface area (Å²) in [7, 11) is 2.11. The average molecular weight is 250 g/mol. The van der Waals surface area contributed by atoms with E-state index in [-0.39, 0.29) is 5.56 Å². The molecular formula is C12H18N4O2. The van der Waals surface area contributed by atoms with Crippen LogP contribution in [0.2, 0.25) is 0 Å². The maximum absolute atomic E-state index is 10.9. The molecule has 0 aromatic carbocycles. The predicted octanol–water partition coefficient (Wildman–Crippen LogP) is 0.989. The Morgan fingerprint density at radius 3 is 2.72 bits per heavy atom. The van der Waals surface area contributed by atoms with E-state index in [0.717, 1.165) is 25.9 Å². The van der Waals surface area contributed by atoms with E-state index in [1.165, 1.54) is 6.20 Å². The number of likely N-dealkylation sites (tertiary alicyclic amines) is 1. The predicted molar refractivity (Wildman–Crippen MR) is 67.9 cm³/mol. The highest BCUT2D eigenvalue weighted by atomic mass is 16.4. The van der Waals surface area contributed by atoms with Crippen molar-refractivity contribution in [1.82, 2.24) is 14.9 Å². The highest BCUT2D eigenvalue weighted by molar-refractivity contribution is 5.88. The van der Waals surface area contributed by atoms with Gasteiger partial charge < -0.3 is 15.3 Å². The van der Waals surface area contributed by atoms with Crippen molar-refractivity contribution in [3.63, 3.8) is 0 Å². The first-order valence-corrected chi connectivity index (χ1v) is 6.08. The molecule has 0 radical (unpaired) electrons. The Labute approximate surface area is 106 Å². The molecule has 0 spiro atoms. The van der Waals surface area contributed by atoms with Crippen molar-refractivity contribution in [3.05, 3.63) is 17.5 Å². The molecule has 1 fully saturated rings. The number of hydrogen-bond donors (Lipinski definition) is 2. The number of aryl methyl sites for hydroxylation is 1. The van der Waals surface area contributed by atoms with Gasteiger partial charge in [-0.1, -0.05) is 0 Å². The zero-order valence-electron chi connectivity index (χ0n) is 10.7. The molecule has 6 nitrogen and oxygen atoms in total. The zero-order chi connectivity index (χ0) is 13.1. The van der Waals surface area contributed by atoms with Crippen molar-refractivity contribution in [3.8, 4) is 0 Å². The number of rotatable bonds is 3. The van der Waals surface area contributed by atoms with Crippen molar-refractivity contribution in [2.75, 3.05) is 25.5 Å². The Morgan fingerprint density at radius 2 is 2.17 bits per heavy atom. The Morgan fingerprint density at radius 1 is 1.50 bits per heavy atom. The number of piperidine rings is 1. The van der Waals surface area contributed by atoms with E-state index in [1.54, 1.807) is 6.92 Å². The van der Waals surface area contributed by atoms with Crippen LogP contribution in [0.15, 0.2) is 6.20 Å². The summed E-state index contributed by atoms with van der Waals surface area (Å²) in [6.45, 7) is 3.80. The SMILES string of the molecule is Cc1nc(NC2CCN(C)CC2)ncc1C(=O)O. The van der Waals surface area contributed by atoms with Crippen molar-refractivity contribution in [1.29, 1.82) is 0 Å². The number of aromatic carboxylic acids is 1. The van der Waals surface area contributed by atoms with Gasteiger partial charge in [-0.05, 0) is 39.9 Å². The molecule has 0 aliphatic carbocycles. The highest BCUT2D eigenvalue weighted by Gasteiger charge is 2.18. The minimum atomic E-state index is -0.988. The molecule has 0 bridgehead atoms. The minimum absolute atomic E-state index is 0.156. The lowest BCUT2D eigenvalue weighted by Gasteiger charge is -2.29. The first-order chi connectivity index (χ1) is 8.56. The smallest absolute Gasteiger partial charge is 0.339 e. The number of carboxylic acids is 1. The number of nitrogens with zero attached hydrogens (tertiary/aromatic N) is 3. The van der Waals surface area contributed by atoms with Gasteiger partial charge >= 0.3 is 5.97 Å². The Bertz CT molecular complexity index is 442. The number of carbonyl (C=O) groups is 1. The third kappa shape index (κ3) is 2.95. The van der Waals surface area contributed by atoms with Crippen LogP contribution in [-0.4, -0.2) is 52.1 Å². The summed E-state index contributed by atoms with van der Waals surface area (Å²) in [6, 6.07) is 0.372. The van der Waals surface area contributed by atoms with Gasteiger partial charge in [-0.15, -0.1) is 0 Å². The Balaban J connectivity index is 2.02. The fourth-order valence-corrected chi connectivity index (χ4v) is 2.08. The third-order valence-electron chi connectivity index (χ3n) is 3.26. The van der Waals surface area contributed by atoms with Crippen molar-refractivity contribution < 1.29 is 9.90 Å². The molecule has 2 rings (SSSR count). The minimum Gasteiger partial charge on any atom is -0.478 e. The van der Waals surface area contributed by atoms with Crippen LogP contribution in [0.25, 0.3) is 0 Å². The molecule has 98 valence electrons.